The van der Waals surface area contributed by atoms with Gasteiger partial charge in [-0.15, -0.1) is 0 Å². The molecule has 0 saturated heterocycles. The van der Waals surface area contributed by atoms with Crippen molar-refractivity contribution in [3.05, 3.63) is 35.6 Å². The molecule has 2 aliphatic carbocycles. The highest BCUT2D eigenvalue weighted by Crippen LogP contribution is 2.39. The molecule has 1 atom stereocenters. The molecular formula is C16H22FN. The number of halogens is 1. The summed E-state index contributed by atoms with van der Waals surface area (Å²) in [5.74, 6) is 1.28. The lowest BCUT2D eigenvalue weighted by Gasteiger charge is -2.41. The molecule has 0 radical (unpaired) electrons. The minimum absolute atomic E-state index is 0.0343. The Hall–Kier alpha value is -0.890. The van der Waals surface area contributed by atoms with Crippen molar-refractivity contribution in [3.63, 3.8) is 0 Å². The number of nitrogens with one attached hydrogen (secondary N) is 1. The van der Waals surface area contributed by atoms with E-state index in [0.29, 0.717) is 18.0 Å². The summed E-state index contributed by atoms with van der Waals surface area (Å²) in [5.41, 5.74) is 0.909. The average Bonchev–Trinajstić information content (AvgIpc) is 2.22. The van der Waals surface area contributed by atoms with Crippen molar-refractivity contribution >= 4 is 0 Å². The molecule has 1 N–H and O–H groups in total. The fourth-order valence-corrected chi connectivity index (χ4v) is 3.26. The Labute approximate surface area is 109 Å². The second-order valence-corrected chi connectivity index (χ2v) is 6.03. The normalized spacial score (nSPS) is 29.4. The van der Waals surface area contributed by atoms with Crippen molar-refractivity contribution in [3.8, 4) is 0 Å². The van der Waals surface area contributed by atoms with Crippen molar-refractivity contribution in [2.75, 3.05) is 0 Å². The van der Waals surface area contributed by atoms with Gasteiger partial charge >= 0.3 is 0 Å². The Morgan fingerprint density at radius 3 is 2.56 bits per heavy atom. The van der Waals surface area contributed by atoms with Gasteiger partial charge in [0.05, 0.1) is 0 Å². The highest BCUT2D eigenvalue weighted by Gasteiger charge is 2.34. The van der Waals surface area contributed by atoms with E-state index in [4.69, 9.17) is 0 Å². The Morgan fingerprint density at radius 1 is 1.22 bits per heavy atom. The van der Waals surface area contributed by atoms with Crippen LogP contribution in [0.25, 0.3) is 0 Å². The van der Waals surface area contributed by atoms with Crippen LogP contribution in [0.5, 0.6) is 0 Å². The minimum atomic E-state index is -0.0343. The van der Waals surface area contributed by atoms with Gasteiger partial charge in [-0.25, -0.2) is 4.39 Å². The zero-order valence-electron chi connectivity index (χ0n) is 11.0. The molecule has 3 rings (SSSR count). The van der Waals surface area contributed by atoms with E-state index in [1.165, 1.54) is 19.3 Å². The van der Waals surface area contributed by atoms with Crippen molar-refractivity contribution in [1.82, 2.24) is 5.32 Å². The van der Waals surface area contributed by atoms with E-state index >= 15 is 0 Å². The van der Waals surface area contributed by atoms with Gasteiger partial charge in [-0.05, 0) is 56.1 Å². The number of rotatable bonds is 4. The van der Waals surface area contributed by atoms with Crippen LogP contribution in [0.2, 0.25) is 0 Å². The van der Waals surface area contributed by atoms with Crippen LogP contribution in [-0.4, -0.2) is 12.1 Å². The fraction of sp³-hybridized carbons (Fsp3) is 0.625. The summed E-state index contributed by atoms with van der Waals surface area (Å²) >= 11 is 0. The SMILES string of the molecule is CC(NC1CC(c2ccccc2F)C1)C1CCC1. The molecule has 0 bridgehead atoms. The Kier molecular flexibility index (Phi) is 3.38. The first kappa shape index (κ1) is 12.2. The lowest BCUT2D eigenvalue weighted by molar-refractivity contribution is 0.186. The van der Waals surface area contributed by atoms with Gasteiger partial charge < -0.3 is 5.32 Å². The Balaban J connectivity index is 1.49. The summed E-state index contributed by atoms with van der Waals surface area (Å²) in [6.07, 6.45) is 6.37. The van der Waals surface area contributed by atoms with Gasteiger partial charge in [0, 0.05) is 12.1 Å². The van der Waals surface area contributed by atoms with Crippen LogP contribution in [0.15, 0.2) is 24.3 Å². The second-order valence-electron chi connectivity index (χ2n) is 6.03. The maximum absolute atomic E-state index is 13.6. The van der Waals surface area contributed by atoms with Crippen LogP contribution in [0, 0.1) is 11.7 Å². The standard InChI is InChI=1S/C16H22FN/c1-11(12-5-4-6-12)18-14-9-13(10-14)15-7-2-3-8-16(15)17/h2-3,7-8,11-14,18H,4-6,9-10H2,1H3. The zero-order valence-corrected chi connectivity index (χ0v) is 11.0. The molecule has 1 aromatic carbocycles. The van der Waals surface area contributed by atoms with E-state index < -0.39 is 0 Å². The third-order valence-electron chi connectivity index (χ3n) is 4.84. The van der Waals surface area contributed by atoms with Crippen LogP contribution < -0.4 is 5.32 Å². The fourth-order valence-electron chi connectivity index (χ4n) is 3.26. The topological polar surface area (TPSA) is 12.0 Å². The van der Waals surface area contributed by atoms with E-state index in [9.17, 15) is 4.39 Å². The van der Waals surface area contributed by atoms with Crippen LogP contribution in [0.3, 0.4) is 0 Å². The minimum Gasteiger partial charge on any atom is -0.311 e. The predicted molar refractivity (Wildman–Crippen MR) is 72.1 cm³/mol. The van der Waals surface area contributed by atoms with Gasteiger partial charge in [-0.3, -0.25) is 0 Å². The first-order valence-corrected chi connectivity index (χ1v) is 7.24. The van der Waals surface area contributed by atoms with E-state index in [0.717, 1.165) is 24.3 Å². The first-order chi connectivity index (χ1) is 8.74. The number of benzene rings is 1. The molecule has 2 heteroatoms. The smallest absolute Gasteiger partial charge is 0.126 e. The van der Waals surface area contributed by atoms with Crippen molar-refractivity contribution in [2.45, 2.75) is 57.0 Å². The van der Waals surface area contributed by atoms with Crippen molar-refractivity contribution < 1.29 is 4.39 Å². The monoisotopic (exact) mass is 247 g/mol. The molecule has 98 valence electrons. The van der Waals surface area contributed by atoms with Crippen LogP contribution in [0.1, 0.15) is 50.5 Å². The predicted octanol–water partition coefficient (Wildman–Crippen LogP) is 3.85. The molecule has 2 fully saturated rings. The van der Waals surface area contributed by atoms with Gasteiger partial charge in [-0.1, -0.05) is 24.6 Å². The lowest BCUT2D eigenvalue weighted by Crippen LogP contribution is -2.48. The molecule has 1 nitrogen and oxygen atoms in total. The van der Waals surface area contributed by atoms with E-state index in [2.05, 4.69) is 12.2 Å². The molecule has 2 saturated carbocycles. The lowest BCUT2D eigenvalue weighted by atomic mass is 9.74. The van der Waals surface area contributed by atoms with Gasteiger partial charge in [0.2, 0.25) is 0 Å². The summed E-state index contributed by atoms with van der Waals surface area (Å²) in [5, 5.41) is 3.72. The third kappa shape index (κ3) is 2.31. The number of hydrogen-bond donors (Lipinski definition) is 1. The molecule has 2 aliphatic rings. The molecular weight excluding hydrogens is 225 g/mol. The molecule has 18 heavy (non-hydrogen) atoms. The van der Waals surface area contributed by atoms with Gasteiger partial charge in [0.1, 0.15) is 5.82 Å². The summed E-state index contributed by atoms with van der Waals surface area (Å²) in [6, 6.07) is 8.47. The Bertz CT molecular complexity index is 407. The van der Waals surface area contributed by atoms with Gasteiger partial charge in [0.25, 0.3) is 0 Å². The summed E-state index contributed by atoms with van der Waals surface area (Å²) in [4.78, 5) is 0. The average molecular weight is 247 g/mol. The van der Waals surface area contributed by atoms with Gasteiger partial charge in [-0.2, -0.15) is 0 Å². The molecule has 0 heterocycles. The summed E-state index contributed by atoms with van der Waals surface area (Å²) < 4.78 is 13.6. The molecule has 0 spiro atoms. The zero-order chi connectivity index (χ0) is 12.5. The third-order valence-corrected chi connectivity index (χ3v) is 4.84. The molecule has 0 aromatic heterocycles. The van der Waals surface area contributed by atoms with Crippen molar-refractivity contribution in [2.24, 2.45) is 5.92 Å². The molecule has 1 aromatic rings. The largest absolute Gasteiger partial charge is 0.311 e. The van der Waals surface area contributed by atoms with Crippen LogP contribution >= 0.6 is 0 Å². The maximum atomic E-state index is 13.6. The van der Waals surface area contributed by atoms with Gasteiger partial charge in [0.15, 0.2) is 0 Å². The summed E-state index contributed by atoms with van der Waals surface area (Å²) in [6.45, 7) is 2.31. The maximum Gasteiger partial charge on any atom is 0.126 e. The first-order valence-electron chi connectivity index (χ1n) is 7.24. The number of hydrogen-bond acceptors (Lipinski definition) is 1. The highest BCUT2D eigenvalue weighted by molar-refractivity contribution is 5.24. The quantitative estimate of drug-likeness (QED) is 0.852. The van der Waals surface area contributed by atoms with Crippen LogP contribution in [-0.2, 0) is 0 Å². The van der Waals surface area contributed by atoms with Crippen molar-refractivity contribution in [1.29, 1.82) is 0 Å². The highest BCUT2D eigenvalue weighted by atomic mass is 19.1. The second kappa shape index (κ2) is 5.00. The van der Waals surface area contributed by atoms with E-state index in [1.807, 2.05) is 12.1 Å². The Morgan fingerprint density at radius 2 is 1.94 bits per heavy atom. The molecule has 0 amide bonds. The van der Waals surface area contributed by atoms with E-state index in [-0.39, 0.29) is 5.82 Å². The molecule has 0 aliphatic heterocycles. The van der Waals surface area contributed by atoms with E-state index in [1.54, 1.807) is 12.1 Å². The van der Waals surface area contributed by atoms with Crippen LogP contribution in [0.4, 0.5) is 4.39 Å². The summed E-state index contributed by atoms with van der Waals surface area (Å²) in [7, 11) is 0. The molecule has 1 unspecified atom stereocenters.